The molecule has 0 aromatic heterocycles. The number of amides is 1. The molecule has 1 aliphatic rings. The van der Waals surface area contributed by atoms with E-state index in [-0.39, 0.29) is 11.6 Å². The van der Waals surface area contributed by atoms with Gasteiger partial charge in [-0.15, -0.1) is 0 Å². The quantitative estimate of drug-likeness (QED) is 0.663. The van der Waals surface area contributed by atoms with Crippen LogP contribution in [0.3, 0.4) is 0 Å². The average molecular weight is 293 g/mol. The number of non-ortho nitro benzene ring substituents is 1. The standard InChI is InChI=1S/C14H19N3O4/c1-21-13-6-5-11(17(19)20)9-12(13)15-14(18)10-16-7-3-2-4-8-16/h5-6,9H,2-4,7-8,10H2,1H3,(H,15,18). The van der Waals surface area contributed by atoms with E-state index < -0.39 is 4.92 Å². The Morgan fingerprint density at radius 3 is 2.71 bits per heavy atom. The van der Waals surface area contributed by atoms with E-state index in [4.69, 9.17) is 4.74 Å². The summed E-state index contributed by atoms with van der Waals surface area (Å²) in [5.74, 6) is 0.225. The number of likely N-dealkylation sites (tertiary alicyclic amines) is 1. The SMILES string of the molecule is COc1ccc([N+](=O)[O-])cc1NC(=O)CN1CCCCC1. The number of ether oxygens (including phenoxy) is 1. The molecule has 1 aromatic carbocycles. The van der Waals surface area contributed by atoms with Gasteiger partial charge in [0.1, 0.15) is 5.75 Å². The lowest BCUT2D eigenvalue weighted by Gasteiger charge is -2.25. The molecule has 1 amide bonds. The first kappa shape index (κ1) is 15.2. The lowest BCUT2D eigenvalue weighted by Crippen LogP contribution is -2.36. The molecule has 0 bridgehead atoms. The van der Waals surface area contributed by atoms with Gasteiger partial charge in [0.2, 0.25) is 5.91 Å². The van der Waals surface area contributed by atoms with Gasteiger partial charge in [0.15, 0.2) is 0 Å². The molecule has 0 spiro atoms. The van der Waals surface area contributed by atoms with Gasteiger partial charge in [-0.1, -0.05) is 6.42 Å². The summed E-state index contributed by atoms with van der Waals surface area (Å²) in [5.41, 5.74) is 0.248. The molecule has 0 saturated carbocycles. The van der Waals surface area contributed by atoms with E-state index in [2.05, 4.69) is 10.2 Å². The fraction of sp³-hybridized carbons (Fsp3) is 0.500. The van der Waals surface area contributed by atoms with E-state index in [0.717, 1.165) is 25.9 Å². The Hall–Kier alpha value is -2.15. The number of nitrogens with zero attached hydrogens (tertiary/aromatic N) is 2. The Labute approximate surface area is 123 Å². The molecule has 0 radical (unpaired) electrons. The number of methoxy groups -OCH3 is 1. The molecule has 1 saturated heterocycles. The second-order valence-corrected chi connectivity index (χ2v) is 5.03. The minimum absolute atomic E-state index is 0.0796. The second kappa shape index (κ2) is 7.03. The number of hydrogen-bond donors (Lipinski definition) is 1. The van der Waals surface area contributed by atoms with Crippen molar-refractivity contribution in [2.75, 3.05) is 32.1 Å². The smallest absolute Gasteiger partial charge is 0.271 e. The van der Waals surface area contributed by atoms with Crippen LogP contribution < -0.4 is 10.1 Å². The third kappa shape index (κ3) is 4.16. The first-order valence-corrected chi connectivity index (χ1v) is 6.95. The van der Waals surface area contributed by atoms with Crippen LogP contribution in [0.4, 0.5) is 11.4 Å². The predicted octanol–water partition coefficient (Wildman–Crippen LogP) is 2.03. The van der Waals surface area contributed by atoms with Gasteiger partial charge in [-0.3, -0.25) is 19.8 Å². The van der Waals surface area contributed by atoms with Crippen molar-refractivity contribution < 1.29 is 14.5 Å². The van der Waals surface area contributed by atoms with E-state index in [1.54, 1.807) is 0 Å². The molecule has 1 heterocycles. The second-order valence-electron chi connectivity index (χ2n) is 5.03. The van der Waals surface area contributed by atoms with Gasteiger partial charge in [-0.25, -0.2) is 0 Å². The van der Waals surface area contributed by atoms with Crippen LogP contribution in [0, 0.1) is 10.1 Å². The van der Waals surface area contributed by atoms with E-state index in [9.17, 15) is 14.9 Å². The molecule has 1 aliphatic heterocycles. The minimum Gasteiger partial charge on any atom is -0.495 e. The molecule has 21 heavy (non-hydrogen) atoms. The van der Waals surface area contributed by atoms with Crippen LogP contribution in [-0.2, 0) is 4.79 Å². The van der Waals surface area contributed by atoms with Crippen LogP contribution in [0.5, 0.6) is 5.75 Å². The van der Waals surface area contributed by atoms with Crippen LogP contribution in [0.2, 0.25) is 0 Å². The number of nitro benzene ring substituents is 1. The first-order chi connectivity index (χ1) is 10.1. The lowest BCUT2D eigenvalue weighted by molar-refractivity contribution is -0.384. The van der Waals surface area contributed by atoms with Gasteiger partial charge in [0, 0.05) is 12.1 Å². The number of benzene rings is 1. The number of nitrogens with one attached hydrogen (secondary N) is 1. The number of nitro groups is 1. The number of rotatable bonds is 5. The van der Waals surface area contributed by atoms with Crippen molar-refractivity contribution in [3.8, 4) is 5.75 Å². The van der Waals surface area contributed by atoms with Crippen molar-refractivity contribution >= 4 is 17.3 Å². The highest BCUT2D eigenvalue weighted by atomic mass is 16.6. The highest BCUT2D eigenvalue weighted by Crippen LogP contribution is 2.28. The zero-order valence-corrected chi connectivity index (χ0v) is 12.0. The van der Waals surface area contributed by atoms with Crippen LogP contribution in [-0.4, -0.2) is 42.5 Å². The highest BCUT2D eigenvalue weighted by molar-refractivity contribution is 5.94. The van der Waals surface area contributed by atoms with Gasteiger partial charge in [0.05, 0.1) is 24.3 Å². The van der Waals surface area contributed by atoms with Crippen LogP contribution >= 0.6 is 0 Å². The van der Waals surface area contributed by atoms with Crippen molar-refractivity contribution in [3.63, 3.8) is 0 Å². The molecular formula is C14H19N3O4. The fourth-order valence-electron chi connectivity index (χ4n) is 2.42. The molecule has 0 aliphatic carbocycles. The van der Waals surface area contributed by atoms with Gasteiger partial charge in [-0.05, 0) is 32.0 Å². The molecule has 7 nitrogen and oxygen atoms in total. The van der Waals surface area contributed by atoms with Crippen molar-refractivity contribution in [2.45, 2.75) is 19.3 Å². The number of hydrogen-bond acceptors (Lipinski definition) is 5. The van der Waals surface area contributed by atoms with E-state index >= 15 is 0 Å². The monoisotopic (exact) mass is 293 g/mol. The number of carbonyl (C=O) groups excluding carboxylic acids is 1. The summed E-state index contributed by atoms with van der Waals surface area (Å²) < 4.78 is 5.12. The van der Waals surface area contributed by atoms with Crippen LogP contribution in [0.25, 0.3) is 0 Å². The third-order valence-electron chi connectivity index (χ3n) is 3.48. The van der Waals surface area contributed by atoms with Gasteiger partial charge >= 0.3 is 0 Å². The zero-order chi connectivity index (χ0) is 15.2. The van der Waals surface area contributed by atoms with E-state index in [0.29, 0.717) is 18.0 Å². The first-order valence-electron chi connectivity index (χ1n) is 6.95. The molecule has 114 valence electrons. The van der Waals surface area contributed by atoms with E-state index in [1.165, 1.54) is 31.7 Å². The Kier molecular flexibility index (Phi) is 5.10. The zero-order valence-electron chi connectivity index (χ0n) is 12.0. The Morgan fingerprint density at radius 2 is 2.10 bits per heavy atom. The van der Waals surface area contributed by atoms with Crippen molar-refractivity contribution in [3.05, 3.63) is 28.3 Å². The van der Waals surface area contributed by atoms with Gasteiger partial charge < -0.3 is 10.1 Å². The van der Waals surface area contributed by atoms with Crippen LogP contribution in [0.1, 0.15) is 19.3 Å². The normalized spacial score (nSPS) is 15.5. The molecular weight excluding hydrogens is 274 g/mol. The summed E-state index contributed by atoms with van der Waals surface area (Å²) in [6.07, 6.45) is 3.41. The highest BCUT2D eigenvalue weighted by Gasteiger charge is 2.17. The van der Waals surface area contributed by atoms with Crippen molar-refractivity contribution in [2.24, 2.45) is 0 Å². The molecule has 1 N–H and O–H groups in total. The lowest BCUT2D eigenvalue weighted by atomic mass is 10.1. The maximum absolute atomic E-state index is 12.1. The fourth-order valence-corrected chi connectivity index (χ4v) is 2.42. The number of piperidine rings is 1. The Balaban J connectivity index is 2.04. The van der Waals surface area contributed by atoms with Gasteiger partial charge in [-0.2, -0.15) is 0 Å². The van der Waals surface area contributed by atoms with Crippen molar-refractivity contribution in [1.82, 2.24) is 4.90 Å². The topological polar surface area (TPSA) is 84.7 Å². The molecule has 0 unspecified atom stereocenters. The summed E-state index contributed by atoms with van der Waals surface area (Å²) in [6.45, 7) is 2.13. The van der Waals surface area contributed by atoms with Crippen molar-refractivity contribution in [1.29, 1.82) is 0 Å². The predicted molar refractivity (Wildman–Crippen MR) is 78.6 cm³/mol. The Bertz CT molecular complexity index is 527. The summed E-state index contributed by atoms with van der Waals surface area (Å²) in [7, 11) is 1.46. The third-order valence-corrected chi connectivity index (χ3v) is 3.48. The van der Waals surface area contributed by atoms with Crippen LogP contribution in [0.15, 0.2) is 18.2 Å². The number of anilines is 1. The Morgan fingerprint density at radius 1 is 1.38 bits per heavy atom. The summed E-state index contributed by atoms with van der Waals surface area (Å²) in [4.78, 5) is 24.4. The molecule has 1 aromatic rings. The van der Waals surface area contributed by atoms with E-state index in [1.807, 2.05) is 0 Å². The largest absolute Gasteiger partial charge is 0.495 e. The molecule has 2 rings (SSSR count). The minimum atomic E-state index is -0.500. The maximum atomic E-state index is 12.1. The average Bonchev–Trinajstić information content (AvgIpc) is 2.48. The summed E-state index contributed by atoms with van der Waals surface area (Å²) >= 11 is 0. The molecule has 1 fully saturated rings. The van der Waals surface area contributed by atoms with Gasteiger partial charge in [0.25, 0.3) is 5.69 Å². The number of carbonyl (C=O) groups is 1. The molecule has 7 heteroatoms. The summed E-state index contributed by atoms with van der Waals surface area (Å²) in [6, 6.07) is 4.14. The molecule has 0 atom stereocenters. The summed E-state index contributed by atoms with van der Waals surface area (Å²) in [5, 5.41) is 13.5. The maximum Gasteiger partial charge on any atom is 0.271 e.